The summed E-state index contributed by atoms with van der Waals surface area (Å²) in [7, 11) is 0. The number of carbonyl (C=O) groups excluding carboxylic acids is 2. The van der Waals surface area contributed by atoms with Gasteiger partial charge in [-0.25, -0.2) is 0 Å². The Balaban J connectivity index is 1.73. The van der Waals surface area contributed by atoms with Crippen molar-refractivity contribution in [3.05, 3.63) is 24.3 Å². The molecule has 1 aliphatic rings. The van der Waals surface area contributed by atoms with Crippen LogP contribution in [0.5, 0.6) is 0 Å². The molecule has 8 heteroatoms. The van der Waals surface area contributed by atoms with Gasteiger partial charge < -0.3 is 10.6 Å². The molecule has 20 heavy (non-hydrogen) atoms. The predicted molar refractivity (Wildman–Crippen MR) is 69.4 cm³/mol. The fourth-order valence-corrected chi connectivity index (χ4v) is 2.06. The fraction of sp³-hybridized carbons (Fsp3) is 0.250. The second-order valence-electron chi connectivity index (χ2n) is 4.46. The van der Waals surface area contributed by atoms with Crippen LogP contribution in [-0.4, -0.2) is 38.5 Å². The first-order valence-corrected chi connectivity index (χ1v) is 6.16. The number of aromatic nitrogens is 4. The number of nitrogens with one attached hydrogen (secondary N) is 3. The van der Waals surface area contributed by atoms with Gasteiger partial charge in [-0.3, -0.25) is 9.59 Å². The Morgan fingerprint density at radius 3 is 3.00 bits per heavy atom. The Hall–Kier alpha value is -2.77. The number of carbonyl (C=O) groups is 2. The number of rotatable bonds is 3. The van der Waals surface area contributed by atoms with Gasteiger partial charge in [-0.2, -0.15) is 5.21 Å². The van der Waals surface area contributed by atoms with Gasteiger partial charge in [0.15, 0.2) is 0 Å². The van der Waals surface area contributed by atoms with Crippen LogP contribution in [0.25, 0.3) is 11.4 Å². The smallest absolute Gasteiger partial charge is 0.246 e. The van der Waals surface area contributed by atoms with E-state index in [2.05, 4.69) is 31.3 Å². The zero-order valence-corrected chi connectivity index (χ0v) is 10.5. The maximum absolute atomic E-state index is 12.0. The minimum Gasteiger partial charge on any atom is -0.344 e. The largest absolute Gasteiger partial charge is 0.344 e. The van der Waals surface area contributed by atoms with Gasteiger partial charge in [0, 0.05) is 17.7 Å². The Labute approximate surface area is 114 Å². The Kier molecular flexibility index (Phi) is 3.12. The number of hydrogen-bond acceptors (Lipinski definition) is 5. The average molecular weight is 272 g/mol. The summed E-state index contributed by atoms with van der Waals surface area (Å²) in [4.78, 5) is 23.1. The number of amides is 2. The summed E-state index contributed by atoms with van der Waals surface area (Å²) >= 11 is 0. The quantitative estimate of drug-likeness (QED) is 0.732. The van der Waals surface area contributed by atoms with E-state index in [4.69, 9.17) is 0 Å². The van der Waals surface area contributed by atoms with Crippen molar-refractivity contribution >= 4 is 17.5 Å². The molecule has 0 bridgehead atoms. The third kappa shape index (κ3) is 2.48. The van der Waals surface area contributed by atoms with Crippen LogP contribution in [0.4, 0.5) is 5.69 Å². The lowest BCUT2D eigenvalue weighted by Gasteiger charge is -2.11. The normalized spacial score (nSPS) is 17.8. The molecule has 2 aromatic rings. The van der Waals surface area contributed by atoms with Gasteiger partial charge >= 0.3 is 0 Å². The maximum Gasteiger partial charge on any atom is 0.246 e. The number of anilines is 1. The first kappa shape index (κ1) is 12.3. The lowest BCUT2D eigenvalue weighted by Crippen LogP contribution is -2.37. The molecule has 2 amide bonds. The fourth-order valence-electron chi connectivity index (χ4n) is 2.06. The zero-order valence-electron chi connectivity index (χ0n) is 10.5. The van der Waals surface area contributed by atoms with Crippen LogP contribution >= 0.6 is 0 Å². The SMILES string of the molecule is O=C1CCC(C(=O)Nc2cccc(-c3nn[nH]n3)c2)N1. The number of nitrogens with zero attached hydrogens (tertiary/aromatic N) is 3. The number of hydrogen-bond donors (Lipinski definition) is 3. The molecule has 0 aliphatic carbocycles. The molecular weight excluding hydrogens is 260 g/mol. The van der Waals surface area contributed by atoms with E-state index in [9.17, 15) is 9.59 Å². The van der Waals surface area contributed by atoms with Gasteiger partial charge in [0.2, 0.25) is 17.6 Å². The van der Waals surface area contributed by atoms with Gasteiger partial charge in [0.05, 0.1) is 0 Å². The van der Waals surface area contributed by atoms with Gasteiger partial charge in [-0.15, -0.1) is 10.2 Å². The molecule has 1 unspecified atom stereocenters. The summed E-state index contributed by atoms with van der Waals surface area (Å²) in [5.74, 6) is 0.141. The van der Waals surface area contributed by atoms with Crippen LogP contribution in [0.1, 0.15) is 12.8 Å². The molecule has 1 atom stereocenters. The third-order valence-corrected chi connectivity index (χ3v) is 3.05. The lowest BCUT2D eigenvalue weighted by molar-refractivity contribution is -0.122. The highest BCUT2D eigenvalue weighted by Crippen LogP contribution is 2.19. The standard InChI is InChI=1S/C12H12N6O2/c19-10-5-4-9(14-10)12(20)13-8-3-1-2-7(6-8)11-15-17-18-16-11/h1-3,6,9H,4-5H2,(H,13,20)(H,14,19)(H,15,16,17,18). The monoisotopic (exact) mass is 272 g/mol. The van der Waals surface area contributed by atoms with E-state index in [0.29, 0.717) is 24.4 Å². The summed E-state index contributed by atoms with van der Waals surface area (Å²) in [6.07, 6.45) is 0.913. The maximum atomic E-state index is 12.0. The van der Waals surface area contributed by atoms with E-state index in [-0.39, 0.29) is 11.8 Å². The molecule has 102 valence electrons. The summed E-state index contributed by atoms with van der Waals surface area (Å²) in [5, 5.41) is 19.0. The highest BCUT2D eigenvalue weighted by molar-refractivity contribution is 5.99. The minimum absolute atomic E-state index is 0.0919. The van der Waals surface area contributed by atoms with Crippen LogP contribution in [0.15, 0.2) is 24.3 Å². The van der Waals surface area contributed by atoms with E-state index < -0.39 is 6.04 Å². The van der Waals surface area contributed by atoms with Crippen LogP contribution in [-0.2, 0) is 9.59 Å². The van der Waals surface area contributed by atoms with Crippen molar-refractivity contribution < 1.29 is 9.59 Å². The molecule has 3 rings (SSSR count). The van der Waals surface area contributed by atoms with Gasteiger partial charge in [-0.05, 0) is 23.8 Å². The molecule has 2 heterocycles. The molecule has 1 saturated heterocycles. The van der Waals surface area contributed by atoms with Gasteiger partial charge in [0.25, 0.3) is 0 Å². The molecule has 1 aliphatic heterocycles. The van der Waals surface area contributed by atoms with E-state index in [1.54, 1.807) is 18.2 Å². The van der Waals surface area contributed by atoms with Crippen molar-refractivity contribution in [2.45, 2.75) is 18.9 Å². The van der Waals surface area contributed by atoms with E-state index in [0.717, 1.165) is 5.56 Å². The molecule has 0 saturated carbocycles. The second kappa shape index (κ2) is 5.08. The number of aromatic amines is 1. The summed E-state index contributed by atoms with van der Waals surface area (Å²) in [5.41, 5.74) is 1.37. The van der Waals surface area contributed by atoms with E-state index in [1.165, 1.54) is 0 Å². The molecule has 0 spiro atoms. The van der Waals surface area contributed by atoms with Crippen molar-refractivity contribution in [2.24, 2.45) is 0 Å². The second-order valence-corrected chi connectivity index (χ2v) is 4.46. The van der Waals surface area contributed by atoms with Crippen molar-refractivity contribution in [3.8, 4) is 11.4 Å². The number of benzene rings is 1. The van der Waals surface area contributed by atoms with Crippen LogP contribution in [0, 0.1) is 0 Å². The van der Waals surface area contributed by atoms with Crippen molar-refractivity contribution in [1.82, 2.24) is 25.9 Å². The van der Waals surface area contributed by atoms with Crippen LogP contribution in [0.2, 0.25) is 0 Å². The van der Waals surface area contributed by atoms with Crippen molar-refractivity contribution in [1.29, 1.82) is 0 Å². The third-order valence-electron chi connectivity index (χ3n) is 3.05. The van der Waals surface area contributed by atoms with E-state index >= 15 is 0 Å². The molecular formula is C12H12N6O2. The van der Waals surface area contributed by atoms with E-state index in [1.807, 2.05) is 6.07 Å². The molecule has 3 N–H and O–H groups in total. The summed E-state index contributed by atoms with van der Waals surface area (Å²) in [6, 6.07) is 6.65. The molecule has 1 aromatic carbocycles. The molecule has 1 fully saturated rings. The Morgan fingerprint density at radius 1 is 1.40 bits per heavy atom. The molecule has 0 radical (unpaired) electrons. The lowest BCUT2D eigenvalue weighted by atomic mass is 10.1. The number of H-pyrrole nitrogens is 1. The highest BCUT2D eigenvalue weighted by Gasteiger charge is 2.27. The first-order chi connectivity index (χ1) is 9.72. The van der Waals surface area contributed by atoms with Gasteiger partial charge in [0.1, 0.15) is 6.04 Å². The van der Waals surface area contributed by atoms with Crippen molar-refractivity contribution in [2.75, 3.05) is 5.32 Å². The molecule has 8 nitrogen and oxygen atoms in total. The van der Waals surface area contributed by atoms with Gasteiger partial charge in [-0.1, -0.05) is 12.1 Å². The predicted octanol–water partition coefficient (Wildman–Crippen LogP) is 0.0838. The Bertz CT molecular complexity index is 639. The van der Waals surface area contributed by atoms with Crippen LogP contribution in [0.3, 0.4) is 0 Å². The molecule has 1 aromatic heterocycles. The minimum atomic E-state index is -0.462. The highest BCUT2D eigenvalue weighted by atomic mass is 16.2. The first-order valence-electron chi connectivity index (χ1n) is 6.16. The van der Waals surface area contributed by atoms with Crippen molar-refractivity contribution in [3.63, 3.8) is 0 Å². The Morgan fingerprint density at radius 2 is 2.30 bits per heavy atom. The number of tetrazole rings is 1. The zero-order chi connectivity index (χ0) is 13.9. The topological polar surface area (TPSA) is 113 Å². The summed E-state index contributed by atoms with van der Waals surface area (Å²) < 4.78 is 0. The average Bonchev–Trinajstić information content (AvgIpc) is 3.10. The summed E-state index contributed by atoms with van der Waals surface area (Å²) in [6.45, 7) is 0. The van der Waals surface area contributed by atoms with Crippen LogP contribution < -0.4 is 10.6 Å².